The van der Waals surface area contributed by atoms with Gasteiger partial charge in [0.1, 0.15) is 5.75 Å². The molecule has 0 spiro atoms. The van der Waals surface area contributed by atoms with Crippen molar-refractivity contribution in [1.82, 2.24) is 5.32 Å². The highest BCUT2D eigenvalue weighted by atomic mass is 16.3. The highest BCUT2D eigenvalue weighted by Crippen LogP contribution is 2.21. The van der Waals surface area contributed by atoms with Crippen molar-refractivity contribution in [1.29, 1.82) is 0 Å². The molecule has 0 aliphatic rings. The normalized spacial score (nSPS) is 9.95. The number of aliphatic hydroxyl groups excluding tert-OH is 1. The molecule has 0 bridgehead atoms. The Bertz CT molecular complexity index is 434. The maximum Gasteiger partial charge on any atom is 0.313 e. The summed E-state index contributed by atoms with van der Waals surface area (Å²) >= 11 is 0. The number of unbranched alkanes of at least 4 members (excludes halogenated alkanes) is 2. The first-order valence-corrected chi connectivity index (χ1v) is 6.13. The number of nitrogens with one attached hydrogen (secondary N) is 2. The number of carbonyl (C=O) groups excluding carboxylic acids is 2. The number of hydrogen-bond acceptors (Lipinski definition) is 4. The van der Waals surface area contributed by atoms with Gasteiger partial charge in [-0.25, -0.2) is 0 Å². The van der Waals surface area contributed by atoms with Gasteiger partial charge < -0.3 is 20.8 Å². The molecule has 0 unspecified atom stereocenters. The largest absolute Gasteiger partial charge is 0.506 e. The first-order valence-electron chi connectivity index (χ1n) is 6.13. The van der Waals surface area contributed by atoms with E-state index in [2.05, 4.69) is 10.6 Å². The van der Waals surface area contributed by atoms with Crippen LogP contribution in [0.4, 0.5) is 5.69 Å². The van der Waals surface area contributed by atoms with Gasteiger partial charge in [0.15, 0.2) is 0 Å². The number of hydrogen-bond donors (Lipinski definition) is 4. The van der Waals surface area contributed by atoms with Crippen molar-refractivity contribution in [3.63, 3.8) is 0 Å². The fraction of sp³-hybridized carbons (Fsp3) is 0.385. The molecular weight excluding hydrogens is 248 g/mol. The first-order chi connectivity index (χ1) is 9.15. The van der Waals surface area contributed by atoms with Gasteiger partial charge >= 0.3 is 11.8 Å². The number of phenols is 1. The van der Waals surface area contributed by atoms with E-state index in [0.717, 1.165) is 6.42 Å². The second kappa shape index (κ2) is 8.10. The summed E-state index contributed by atoms with van der Waals surface area (Å²) in [5.41, 5.74) is 0.197. The average Bonchev–Trinajstić information content (AvgIpc) is 2.41. The summed E-state index contributed by atoms with van der Waals surface area (Å²) in [4.78, 5) is 22.9. The molecule has 0 heterocycles. The van der Waals surface area contributed by atoms with Crippen molar-refractivity contribution >= 4 is 17.5 Å². The summed E-state index contributed by atoms with van der Waals surface area (Å²) in [6.07, 6.45) is 2.17. The van der Waals surface area contributed by atoms with Crippen LogP contribution in [0.3, 0.4) is 0 Å². The van der Waals surface area contributed by atoms with Crippen LogP contribution in [-0.2, 0) is 9.59 Å². The number of carbonyl (C=O) groups is 2. The smallest absolute Gasteiger partial charge is 0.313 e. The molecule has 0 radical (unpaired) electrons. The Kier molecular flexibility index (Phi) is 6.38. The minimum atomic E-state index is -0.816. The zero-order valence-corrected chi connectivity index (χ0v) is 10.6. The molecule has 4 N–H and O–H groups in total. The summed E-state index contributed by atoms with van der Waals surface area (Å²) < 4.78 is 0. The predicted octanol–water partition coefficient (Wildman–Crippen LogP) is 0.609. The standard InChI is InChI=1S/C13H18N2O4/c16-9-5-1-4-8-14-12(18)13(19)15-10-6-2-3-7-11(10)17/h2-3,6-7,16-17H,1,4-5,8-9H2,(H,14,18)(H,15,19). The van der Waals surface area contributed by atoms with Gasteiger partial charge in [-0.05, 0) is 31.4 Å². The van der Waals surface area contributed by atoms with Gasteiger partial charge in [-0.15, -0.1) is 0 Å². The van der Waals surface area contributed by atoms with E-state index in [9.17, 15) is 14.7 Å². The van der Waals surface area contributed by atoms with Crippen LogP contribution in [0, 0.1) is 0 Å². The molecule has 1 aromatic carbocycles. The molecule has 1 aromatic rings. The lowest BCUT2D eigenvalue weighted by Crippen LogP contribution is -2.35. The first kappa shape index (κ1) is 15.0. The molecule has 0 aliphatic heterocycles. The van der Waals surface area contributed by atoms with Gasteiger partial charge in [-0.2, -0.15) is 0 Å². The number of anilines is 1. The van der Waals surface area contributed by atoms with E-state index in [1.165, 1.54) is 12.1 Å². The molecule has 2 amide bonds. The van der Waals surface area contributed by atoms with Crippen LogP contribution in [0.5, 0.6) is 5.75 Å². The van der Waals surface area contributed by atoms with Gasteiger partial charge in [-0.1, -0.05) is 12.1 Å². The quantitative estimate of drug-likeness (QED) is 0.344. The topological polar surface area (TPSA) is 98.7 Å². The maximum atomic E-state index is 11.5. The summed E-state index contributed by atoms with van der Waals surface area (Å²) in [7, 11) is 0. The lowest BCUT2D eigenvalue weighted by Gasteiger charge is -2.07. The van der Waals surface area contributed by atoms with E-state index in [-0.39, 0.29) is 18.0 Å². The predicted molar refractivity (Wildman–Crippen MR) is 70.7 cm³/mol. The molecule has 0 saturated carbocycles. The lowest BCUT2D eigenvalue weighted by atomic mass is 10.2. The van der Waals surface area contributed by atoms with Gasteiger partial charge in [0.25, 0.3) is 0 Å². The zero-order chi connectivity index (χ0) is 14.1. The van der Waals surface area contributed by atoms with Crippen molar-refractivity contribution in [3.05, 3.63) is 24.3 Å². The monoisotopic (exact) mass is 266 g/mol. The summed E-state index contributed by atoms with van der Waals surface area (Å²) in [5, 5.41) is 22.8. The van der Waals surface area contributed by atoms with Gasteiger partial charge in [0.05, 0.1) is 5.69 Å². The average molecular weight is 266 g/mol. The van der Waals surface area contributed by atoms with Crippen molar-refractivity contribution in [2.24, 2.45) is 0 Å². The van der Waals surface area contributed by atoms with Crippen LogP contribution in [0.25, 0.3) is 0 Å². The van der Waals surface area contributed by atoms with Crippen LogP contribution < -0.4 is 10.6 Å². The third kappa shape index (κ3) is 5.39. The molecule has 104 valence electrons. The van der Waals surface area contributed by atoms with Crippen LogP contribution in [0.15, 0.2) is 24.3 Å². The maximum absolute atomic E-state index is 11.5. The van der Waals surface area contributed by atoms with Crippen molar-refractivity contribution < 1.29 is 19.8 Å². The van der Waals surface area contributed by atoms with Gasteiger partial charge in [0.2, 0.25) is 0 Å². The lowest BCUT2D eigenvalue weighted by molar-refractivity contribution is -0.136. The molecule has 6 heteroatoms. The Balaban J connectivity index is 2.33. The highest BCUT2D eigenvalue weighted by molar-refractivity contribution is 6.39. The van der Waals surface area contributed by atoms with Gasteiger partial charge in [0, 0.05) is 13.2 Å². The molecule has 6 nitrogen and oxygen atoms in total. The van der Waals surface area contributed by atoms with Crippen LogP contribution in [-0.4, -0.2) is 35.2 Å². The fourth-order valence-electron chi connectivity index (χ4n) is 1.45. The van der Waals surface area contributed by atoms with Crippen LogP contribution >= 0.6 is 0 Å². The third-order valence-electron chi connectivity index (χ3n) is 2.48. The second-order valence-corrected chi connectivity index (χ2v) is 4.01. The Hall–Kier alpha value is -2.08. The van der Waals surface area contributed by atoms with E-state index in [4.69, 9.17) is 5.11 Å². The fourth-order valence-corrected chi connectivity index (χ4v) is 1.45. The molecule has 0 atom stereocenters. The second-order valence-electron chi connectivity index (χ2n) is 4.01. The van der Waals surface area contributed by atoms with Crippen molar-refractivity contribution in [2.45, 2.75) is 19.3 Å². The zero-order valence-electron chi connectivity index (χ0n) is 10.6. The number of aliphatic hydroxyl groups is 1. The minimum Gasteiger partial charge on any atom is -0.506 e. The summed E-state index contributed by atoms with van der Waals surface area (Å²) in [6, 6.07) is 6.18. The van der Waals surface area contributed by atoms with Crippen molar-refractivity contribution in [3.8, 4) is 5.75 Å². The minimum absolute atomic E-state index is 0.0911. The van der Waals surface area contributed by atoms with E-state index in [0.29, 0.717) is 19.4 Å². The Morgan fingerprint density at radius 1 is 1.05 bits per heavy atom. The van der Waals surface area contributed by atoms with E-state index in [1.54, 1.807) is 12.1 Å². The Labute approximate surface area is 111 Å². The number of phenolic OH excluding ortho intramolecular Hbond substituents is 1. The number of benzene rings is 1. The number of amides is 2. The summed E-state index contributed by atoms with van der Waals surface area (Å²) in [6.45, 7) is 0.509. The van der Waals surface area contributed by atoms with E-state index < -0.39 is 11.8 Å². The summed E-state index contributed by atoms with van der Waals surface area (Å²) in [5.74, 6) is -1.65. The number of rotatable bonds is 6. The Morgan fingerprint density at radius 2 is 1.79 bits per heavy atom. The molecule has 1 rings (SSSR count). The molecule has 0 fully saturated rings. The molecular formula is C13H18N2O4. The Morgan fingerprint density at radius 3 is 2.47 bits per heavy atom. The van der Waals surface area contributed by atoms with Crippen LogP contribution in [0.2, 0.25) is 0 Å². The van der Waals surface area contributed by atoms with Crippen molar-refractivity contribution in [2.75, 3.05) is 18.5 Å². The number of para-hydroxylation sites is 2. The van der Waals surface area contributed by atoms with Gasteiger partial charge in [-0.3, -0.25) is 9.59 Å². The SMILES string of the molecule is O=C(NCCCCCO)C(=O)Nc1ccccc1O. The van der Waals surface area contributed by atoms with Crippen LogP contribution in [0.1, 0.15) is 19.3 Å². The molecule has 19 heavy (non-hydrogen) atoms. The highest BCUT2D eigenvalue weighted by Gasteiger charge is 2.14. The number of aromatic hydroxyl groups is 1. The molecule has 0 aromatic heterocycles. The molecule has 0 aliphatic carbocycles. The third-order valence-corrected chi connectivity index (χ3v) is 2.48. The molecule has 0 saturated heterocycles. The van der Waals surface area contributed by atoms with E-state index >= 15 is 0 Å². The van der Waals surface area contributed by atoms with E-state index in [1.807, 2.05) is 0 Å².